The summed E-state index contributed by atoms with van der Waals surface area (Å²) in [6, 6.07) is 3.99. The maximum Gasteiger partial charge on any atom is 0.248 e. The molecule has 9 heteroatoms. The number of aromatic hydroxyl groups is 1. The molecule has 3 aliphatic heterocycles. The Kier molecular flexibility index (Phi) is 10.6. The van der Waals surface area contributed by atoms with Gasteiger partial charge in [0.05, 0.1) is 11.2 Å². The summed E-state index contributed by atoms with van der Waals surface area (Å²) in [6.07, 6.45) is 20.3. The Morgan fingerprint density at radius 3 is 2.47 bits per heavy atom. The van der Waals surface area contributed by atoms with Crippen molar-refractivity contribution in [1.29, 1.82) is 0 Å². The van der Waals surface area contributed by atoms with E-state index in [4.69, 9.17) is 14.2 Å². The van der Waals surface area contributed by atoms with E-state index in [1.54, 1.807) is 37.2 Å². The molecule has 1 N–H and O–H groups in total. The van der Waals surface area contributed by atoms with Crippen LogP contribution in [0.4, 0.5) is 0 Å². The zero-order chi connectivity index (χ0) is 41.1. The molecule has 8 rings (SSSR count). The number of hydrogen-bond donors (Lipinski definition) is 1. The third-order valence-electron chi connectivity index (χ3n) is 12.8. The van der Waals surface area contributed by atoms with Gasteiger partial charge in [0.15, 0.2) is 22.8 Å². The standard InChI is InChI=1S/C48H58N2O7/c1-29(2)14-12-21-46(8)22-20-34-39(51)38-40(52)36-26-33-27-37-45(6,7)57-47(43(33)53,48(36,37)56-42(38)35(41(34)55-46)18-17-30(3)4)23-19-31(5)44(54)50(9)25-11-10-15-32-16-13-24-49-28-32/h13-14,16-17,19-20,22,24,26,28,33,37,51H,10-12,15,18,21,23,25,27H2,1-9H3. The number of phenolic OH excluding ortho intramolecular Hbond substituents is 1. The van der Waals surface area contributed by atoms with E-state index in [1.165, 1.54) is 11.1 Å². The monoisotopic (exact) mass is 774 g/mol. The average molecular weight is 775 g/mol. The van der Waals surface area contributed by atoms with Crippen LogP contribution in [0, 0.1) is 11.8 Å². The number of likely N-dealkylation sites (N-methyl/N-ethyl adjacent to an activating group) is 1. The molecular weight excluding hydrogens is 717 g/mol. The minimum Gasteiger partial charge on any atom is -0.506 e. The molecule has 0 radical (unpaired) electrons. The van der Waals surface area contributed by atoms with Crippen LogP contribution in [0.1, 0.15) is 121 Å². The quantitative estimate of drug-likeness (QED) is 0.122. The SMILES string of the molecule is CC(C)=CCCC1(C)C=Cc2c(O)c3c(c(CC=C(C)C)c2O1)OC12C(=CC4CC1C(C)(C)OC2(CC=C(C)C(=O)N(C)CCCCc1cccnc1)C4=O)C3=O. The third-order valence-corrected chi connectivity index (χ3v) is 12.8. The molecule has 9 nitrogen and oxygen atoms in total. The first kappa shape index (κ1) is 40.4. The lowest BCUT2D eigenvalue weighted by molar-refractivity contribution is -0.171. The molecule has 2 aromatic rings. The van der Waals surface area contributed by atoms with Gasteiger partial charge in [-0.1, -0.05) is 41.5 Å². The Labute approximate surface area is 337 Å². The number of ketones is 2. The van der Waals surface area contributed by atoms with Gasteiger partial charge in [0, 0.05) is 61.0 Å². The predicted molar refractivity (Wildman–Crippen MR) is 221 cm³/mol. The van der Waals surface area contributed by atoms with E-state index in [-0.39, 0.29) is 46.9 Å². The van der Waals surface area contributed by atoms with Crippen LogP contribution in [0.25, 0.3) is 6.08 Å². The van der Waals surface area contributed by atoms with Crippen LogP contribution in [-0.4, -0.2) is 68.5 Å². The van der Waals surface area contributed by atoms with Crippen molar-refractivity contribution in [2.24, 2.45) is 11.8 Å². The highest BCUT2D eigenvalue weighted by molar-refractivity contribution is 6.19. The summed E-state index contributed by atoms with van der Waals surface area (Å²) in [5.41, 5.74) is 0.905. The summed E-state index contributed by atoms with van der Waals surface area (Å²) >= 11 is 0. The molecule has 1 saturated heterocycles. The number of benzene rings is 1. The van der Waals surface area contributed by atoms with Gasteiger partial charge in [-0.3, -0.25) is 19.4 Å². The molecule has 4 bridgehead atoms. The lowest BCUT2D eigenvalue weighted by Gasteiger charge is -2.56. The molecule has 5 unspecified atom stereocenters. The first-order valence-electron chi connectivity index (χ1n) is 20.5. The van der Waals surface area contributed by atoms with Crippen LogP contribution in [0.2, 0.25) is 0 Å². The van der Waals surface area contributed by atoms with Gasteiger partial charge in [0.2, 0.25) is 5.91 Å². The second-order valence-electron chi connectivity index (χ2n) is 18.0. The lowest BCUT2D eigenvalue weighted by Crippen LogP contribution is -2.72. The molecule has 1 aromatic carbocycles. The van der Waals surface area contributed by atoms with Gasteiger partial charge in [-0.15, -0.1) is 0 Å². The van der Waals surface area contributed by atoms with Crippen molar-refractivity contribution in [3.63, 3.8) is 0 Å². The minimum absolute atomic E-state index is 0.0521. The molecule has 1 spiro atoms. The molecule has 57 heavy (non-hydrogen) atoms. The number of phenols is 1. The van der Waals surface area contributed by atoms with Crippen LogP contribution >= 0.6 is 0 Å². The van der Waals surface area contributed by atoms with Gasteiger partial charge >= 0.3 is 0 Å². The number of allylic oxidation sites excluding steroid dienone is 5. The van der Waals surface area contributed by atoms with Gasteiger partial charge in [-0.25, -0.2) is 0 Å². The molecule has 2 fully saturated rings. The van der Waals surface area contributed by atoms with Crippen molar-refractivity contribution in [3.05, 3.63) is 99.5 Å². The molecule has 1 saturated carbocycles. The number of aryl methyl sites for hydroxylation is 1. The van der Waals surface area contributed by atoms with Gasteiger partial charge in [-0.05, 0) is 124 Å². The van der Waals surface area contributed by atoms with E-state index in [0.29, 0.717) is 53.8 Å². The van der Waals surface area contributed by atoms with E-state index in [0.717, 1.165) is 31.3 Å². The molecule has 302 valence electrons. The van der Waals surface area contributed by atoms with Crippen LogP contribution in [-0.2, 0) is 27.2 Å². The molecule has 1 amide bonds. The zero-order valence-electron chi connectivity index (χ0n) is 35.1. The van der Waals surface area contributed by atoms with Crippen LogP contribution in [0.3, 0.4) is 0 Å². The number of aromatic nitrogens is 1. The molecule has 6 aliphatic rings. The van der Waals surface area contributed by atoms with Crippen molar-refractivity contribution in [2.75, 3.05) is 13.6 Å². The Morgan fingerprint density at radius 1 is 1.02 bits per heavy atom. The number of fused-ring (bicyclic) bond motifs is 2. The van der Waals surface area contributed by atoms with E-state index >= 15 is 4.79 Å². The second-order valence-corrected chi connectivity index (χ2v) is 18.0. The first-order valence-corrected chi connectivity index (χ1v) is 20.5. The topological polar surface area (TPSA) is 115 Å². The minimum atomic E-state index is -1.58. The van der Waals surface area contributed by atoms with Crippen LogP contribution in [0.15, 0.2) is 77.2 Å². The largest absolute Gasteiger partial charge is 0.506 e. The fourth-order valence-corrected chi connectivity index (χ4v) is 9.80. The third kappa shape index (κ3) is 6.79. The number of nitrogens with zero attached hydrogens (tertiary/aromatic N) is 2. The number of carbonyl (C=O) groups excluding carboxylic acids is 3. The summed E-state index contributed by atoms with van der Waals surface area (Å²) in [5, 5.41) is 12.0. The average Bonchev–Trinajstić information content (AvgIpc) is 3.31. The molecule has 3 aliphatic carbocycles. The van der Waals surface area contributed by atoms with Crippen molar-refractivity contribution in [2.45, 2.75) is 129 Å². The number of Topliss-reactive ketones (excluding diaryl/α,β-unsaturated/α-hetero) is 2. The Hall–Kier alpha value is -4.76. The van der Waals surface area contributed by atoms with Gasteiger partial charge in [0.1, 0.15) is 28.4 Å². The Morgan fingerprint density at radius 2 is 1.77 bits per heavy atom. The number of carbonyl (C=O) groups is 3. The maximum atomic E-state index is 15.1. The number of unbranched alkanes of at least 4 members (excludes halogenated alkanes) is 1. The van der Waals surface area contributed by atoms with Crippen LogP contribution in [0.5, 0.6) is 17.2 Å². The highest BCUT2D eigenvalue weighted by Gasteiger charge is 2.81. The summed E-state index contributed by atoms with van der Waals surface area (Å²) in [7, 11) is 1.80. The second kappa shape index (κ2) is 14.9. The van der Waals surface area contributed by atoms with Gasteiger partial charge in [-0.2, -0.15) is 0 Å². The number of amides is 1. The van der Waals surface area contributed by atoms with Gasteiger partial charge < -0.3 is 24.2 Å². The lowest BCUT2D eigenvalue weighted by atomic mass is 9.51. The summed E-state index contributed by atoms with van der Waals surface area (Å²) in [4.78, 5) is 49.5. The Bertz CT molecular complexity index is 2150. The van der Waals surface area contributed by atoms with E-state index in [2.05, 4.69) is 37.0 Å². The number of hydrogen-bond acceptors (Lipinski definition) is 8. The normalized spacial score (nSPS) is 27.4. The number of pyridine rings is 1. The molecule has 1 aromatic heterocycles. The van der Waals surface area contributed by atoms with E-state index < -0.39 is 28.3 Å². The van der Waals surface area contributed by atoms with Crippen LogP contribution < -0.4 is 9.47 Å². The van der Waals surface area contributed by atoms with Crippen molar-refractivity contribution >= 4 is 23.5 Å². The van der Waals surface area contributed by atoms with Gasteiger partial charge in [0.25, 0.3) is 0 Å². The number of ether oxygens (including phenoxy) is 3. The summed E-state index contributed by atoms with van der Waals surface area (Å²) in [6.45, 7) is 16.5. The maximum absolute atomic E-state index is 15.1. The van der Waals surface area contributed by atoms with Crippen molar-refractivity contribution in [3.8, 4) is 17.2 Å². The highest BCUT2D eigenvalue weighted by Crippen LogP contribution is 2.68. The first-order chi connectivity index (χ1) is 26.9. The van der Waals surface area contributed by atoms with Crippen molar-refractivity contribution in [1.82, 2.24) is 9.88 Å². The predicted octanol–water partition coefficient (Wildman–Crippen LogP) is 9.03. The van der Waals surface area contributed by atoms with E-state index in [9.17, 15) is 14.7 Å². The molecule has 5 atom stereocenters. The van der Waals surface area contributed by atoms with E-state index in [1.807, 2.05) is 59.0 Å². The Balaban J connectivity index is 1.26. The smallest absolute Gasteiger partial charge is 0.248 e. The fraction of sp³-hybridized carbons (Fsp3) is 0.500. The fourth-order valence-electron chi connectivity index (χ4n) is 9.80. The highest BCUT2D eigenvalue weighted by atomic mass is 16.6. The van der Waals surface area contributed by atoms with Crippen molar-refractivity contribution < 1.29 is 33.7 Å². The zero-order valence-corrected chi connectivity index (χ0v) is 35.1. The summed E-state index contributed by atoms with van der Waals surface area (Å²) in [5.74, 6) is -1.05. The molecule has 4 heterocycles. The molecular formula is C48H58N2O7. The summed E-state index contributed by atoms with van der Waals surface area (Å²) < 4.78 is 21.1. The number of rotatable bonds is 13.